The molecule has 0 aliphatic rings. The Bertz CT molecular complexity index is 143. The summed E-state index contributed by atoms with van der Waals surface area (Å²) in [7, 11) is 0. The summed E-state index contributed by atoms with van der Waals surface area (Å²) in [6.07, 6.45) is 11.2. The van der Waals surface area contributed by atoms with E-state index in [1.165, 1.54) is 43.0 Å². The first-order valence-electron chi connectivity index (χ1n) is 6.10. The first-order chi connectivity index (χ1) is 6.81. The van der Waals surface area contributed by atoms with Crippen LogP contribution in [0.25, 0.3) is 0 Å². The van der Waals surface area contributed by atoms with Crippen LogP contribution >= 0.6 is 0 Å². The second kappa shape index (κ2) is 12.5. The molecule has 0 aliphatic heterocycles. The van der Waals surface area contributed by atoms with Crippen LogP contribution in [-0.4, -0.2) is 20.9 Å². The Labute approximate surface area is 95.7 Å². The van der Waals surface area contributed by atoms with Crippen molar-refractivity contribution in [3.05, 3.63) is 10.2 Å². The summed E-state index contributed by atoms with van der Waals surface area (Å²) in [5.41, 5.74) is 0. The molecule has 0 saturated heterocycles. The van der Waals surface area contributed by atoms with Crippen molar-refractivity contribution in [2.45, 2.75) is 63.3 Å². The molecule has 0 aromatic rings. The number of rotatable bonds is 9. The van der Waals surface area contributed by atoms with Crippen molar-refractivity contribution in [2.75, 3.05) is 0 Å². The van der Waals surface area contributed by atoms with E-state index in [-0.39, 0.29) is 20.9 Å². The first-order valence-corrected chi connectivity index (χ1v) is 8.42. The van der Waals surface area contributed by atoms with Crippen LogP contribution in [0, 0.1) is 0 Å². The van der Waals surface area contributed by atoms with Crippen LogP contribution in [0.2, 0.25) is 4.47 Å². The predicted octanol–water partition coefficient (Wildman–Crippen LogP) is 4.39. The molecule has 0 heterocycles. The minimum absolute atomic E-state index is 0.112. The Morgan fingerprint density at radius 3 is 2.54 bits per heavy atom. The van der Waals surface area contributed by atoms with E-state index in [2.05, 4.69) is 19.9 Å². The van der Waals surface area contributed by atoms with Crippen LogP contribution < -0.4 is 0 Å². The molecule has 0 saturated carbocycles. The summed E-state index contributed by atoms with van der Waals surface area (Å²) in [5.74, 6) is 0. The molecule has 0 unspecified atom stereocenters. The molecule has 0 atom stereocenters. The molecular formula is C12H24Te. The zero-order chi connectivity index (χ0) is 10.6. The zero-order valence-electron chi connectivity index (χ0n) is 10.1. The van der Waals surface area contributed by atoms with E-state index in [1.807, 2.05) is 0 Å². The molecule has 1 heteroatoms. The molecule has 0 aromatic carbocycles. The summed E-state index contributed by atoms with van der Waals surface area (Å²) < 4.78 is 10.1. The van der Waals surface area contributed by atoms with E-state index in [1.54, 1.807) is 0 Å². The molecule has 0 amide bonds. The average Bonchev–Trinajstić information content (AvgIpc) is 2.18. The third-order valence-electron chi connectivity index (χ3n) is 1.97. The van der Waals surface area contributed by atoms with Crippen molar-refractivity contribution in [1.29, 1.82) is 0 Å². The fraction of sp³-hybridized carbons (Fsp3) is 0.833. The molecule has 0 rings (SSSR count). The van der Waals surface area contributed by atoms with E-state index in [9.17, 15) is 0 Å². The summed E-state index contributed by atoms with van der Waals surface area (Å²) in [6, 6.07) is 0. The SMILES string of the molecule is [2H]/C(=C/CCCCCC)[Te]CCCC. The third-order valence-corrected chi connectivity index (χ3v) is 4.33. The van der Waals surface area contributed by atoms with Gasteiger partial charge in [0.05, 0.1) is 0 Å². The van der Waals surface area contributed by atoms with Crippen LogP contribution in [0.4, 0.5) is 0 Å². The van der Waals surface area contributed by atoms with Crippen LogP contribution in [0.15, 0.2) is 10.2 Å². The molecule has 13 heavy (non-hydrogen) atoms. The van der Waals surface area contributed by atoms with E-state index in [0.717, 1.165) is 10.5 Å². The van der Waals surface area contributed by atoms with Gasteiger partial charge in [-0.2, -0.15) is 0 Å². The van der Waals surface area contributed by atoms with Gasteiger partial charge in [0.15, 0.2) is 0 Å². The summed E-state index contributed by atoms with van der Waals surface area (Å²) >= 11 is -0.112. The number of allylic oxidation sites excluding steroid dienone is 1. The maximum absolute atomic E-state index is 7.75. The van der Waals surface area contributed by atoms with E-state index >= 15 is 0 Å². The topological polar surface area (TPSA) is 0 Å². The predicted molar refractivity (Wildman–Crippen MR) is 63.4 cm³/mol. The van der Waals surface area contributed by atoms with Gasteiger partial charge in [-0.25, -0.2) is 0 Å². The van der Waals surface area contributed by atoms with Crippen LogP contribution in [0.1, 0.15) is 60.2 Å². The van der Waals surface area contributed by atoms with Crippen LogP contribution in [0.5, 0.6) is 0 Å². The number of hydrogen-bond donors (Lipinski definition) is 0. The van der Waals surface area contributed by atoms with Gasteiger partial charge in [-0.05, 0) is 0 Å². The van der Waals surface area contributed by atoms with Gasteiger partial charge in [-0.1, -0.05) is 0 Å². The molecule has 0 N–H and O–H groups in total. The van der Waals surface area contributed by atoms with Gasteiger partial charge in [0.2, 0.25) is 0 Å². The Hall–Kier alpha value is 0.530. The van der Waals surface area contributed by atoms with Gasteiger partial charge < -0.3 is 0 Å². The van der Waals surface area contributed by atoms with Gasteiger partial charge in [0.1, 0.15) is 0 Å². The molecule has 0 fully saturated rings. The van der Waals surface area contributed by atoms with Crippen molar-refractivity contribution in [3.63, 3.8) is 0 Å². The van der Waals surface area contributed by atoms with Crippen molar-refractivity contribution >= 4 is 20.9 Å². The maximum atomic E-state index is 7.75. The van der Waals surface area contributed by atoms with Gasteiger partial charge in [-0.3, -0.25) is 0 Å². The molecule has 0 bridgehead atoms. The van der Waals surface area contributed by atoms with Gasteiger partial charge in [-0.15, -0.1) is 0 Å². The molecule has 0 spiro atoms. The van der Waals surface area contributed by atoms with Crippen molar-refractivity contribution < 1.29 is 1.37 Å². The van der Waals surface area contributed by atoms with E-state index in [0.29, 0.717) is 0 Å². The number of unbranched alkanes of at least 4 members (excludes halogenated alkanes) is 5. The van der Waals surface area contributed by atoms with Crippen molar-refractivity contribution in [2.24, 2.45) is 0 Å². The average molecular weight is 297 g/mol. The van der Waals surface area contributed by atoms with E-state index in [4.69, 9.17) is 1.37 Å². The normalized spacial score (nSPS) is 13.1. The summed E-state index contributed by atoms with van der Waals surface area (Å²) in [5, 5.41) is 0. The van der Waals surface area contributed by atoms with Gasteiger partial charge >= 0.3 is 95.7 Å². The Kier molecular flexibility index (Phi) is 11.2. The van der Waals surface area contributed by atoms with Crippen molar-refractivity contribution in [1.82, 2.24) is 0 Å². The molecular weight excluding hydrogens is 272 g/mol. The zero-order valence-corrected chi connectivity index (χ0v) is 11.5. The molecule has 0 aromatic heterocycles. The quantitative estimate of drug-likeness (QED) is 0.437. The van der Waals surface area contributed by atoms with Crippen LogP contribution in [-0.2, 0) is 0 Å². The molecule has 0 radical (unpaired) electrons. The third kappa shape index (κ3) is 12.5. The molecule has 78 valence electrons. The monoisotopic (exact) mass is 299 g/mol. The Morgan fingerprint density at radius 1 is 1.08 bits per heavy atom. The molecule has 0 nitrogen and oxygen atoms in total. The summed E-state index contributed by atoms with van der Waals surface area (Å²) in [4.78, 5) is 0. The second-order valence-electron chi connectivity index (χ2n) is 3.37. The van der Waals surface area contributed by atoms with Crippen molar-refractivity contribution in [3.8, 4) is 0 Å². The van der Waals surface area contributed by atoms with Crippen LogP contribution in [0.3, 0.4) is 0 Å². The first kappa shape index (κ1) is 11.6. The van der Waals surface area contributed by atoms with E-state index < -0.39 is 0 Å². The Morgan fingerprint density at radius 2 is 1.85 bits per heavy atom. The second-order valence-corrected chi connectivity index (χ2v) is 6.04. The molecule has 0 aliphatic carbocycles. The minimum atomic E-state index is -0.112. The fourth-order valence-corrected chi connectivity index (χ4v) is 3.31. The standard InChI is InChI=1S/C12H24Te/c1-3-5-7-8-9-10-12-13-11-6-4-2/h10,12H,3-9,11H2,1-2H3/b12-10-/i12D. The fourth-order valence-electron chi connectivity index (χ4n) is 1.07. The van der Waals surface area contributed by atoms with Gasteiger partial charge in [0.25, 0.3) is 0 Å². The Balaban J connectivity index is 3.27. The number of hydrogen-bond acceptors (Lipinski definition) is 0. The van der Waals surface area contributed by atoms with Gasteiger partial charge in [0, 0.05) is 0 Å². The summed E-state index contributed by atoms with van der Waals surface area (Å²) in [6.45, 7) is 4.47.